The highest BCUT2D eigenvalue weighted by atomic mass is 27.2. The van der Waals surface area contributed by atoms with Gasteiger partial charge < -0.3 is 0 Å². The molecule has 1 unspecified atom stereocenters. The van der Waals surface area contributed by atoms with Crippen LogP contribution in [0.2, 0.25) is 10.6 Å². The highest BCUT2D eigenvalue weighted by Gasteiger charge is 2.30. The molecule has 1 aliphatic rings. The quantitative estimate of drug-likeness (QED) is 0.254. The van der Waals surface area contributed by atoms with Crippen LogP contribution in [0.5, 0.6) is 0 Å². The largest absolute Gasteiger partial charge is 0.277 e. The molecule has 0 nitrogen and oxygen atoms in total. The molecule has 0 radical (unpaired) electrons. The Morgan fingerprint density at radius 3 is 1.96 bits per heavy atom. The van der Waals surface area contributed by atoms with Crippen LogP contribution in [0.1, 0.15) is 94.0 Å². The maximum Gasteiger partial charge on any atom is 0.277 e. The molecular weight excluding hydrogens is 303 g/mol. The van der Waals surface area contributed by atoms with E-state index in [2.05, 4.69) is 50.3 Å². The summed E-state index contributed by atoms with van der Waals surface area (Å²) in [5, 5.41) is 3.11. The maximum absolute atomic E-state index is 2.56. The van der Waals surface area contributed by atoms with Crippen LogP contribution in [0.15, 0.2) is 30.3 Å². The molecule has 0 heterocycles. The summed E-state index contributed by atoms with van der Waals surface area (Å²) in [5.74, 6) is 0. The number of hydrogen-bond acceptors (Lipinski definition) is 0. The lowest BCUT2D eigenvalue weighted by Gasteiger charge is -2.19. The molecule has 1 aromatic rings. The number of rotatable bonds is 13. The molecule has 0 amide bonds. The van der Waals surface area contributed by atoms with Crippen LogP contribution in [0.3, 0.4) is 0 Å². The van der Waals surface area contributed by atoms with Crippen molar-refractivity contribution >= 4 is 20.2 Å². The standard InChI is InChI=1S/C9H7.2C7H15.Al/c1-2-5-9-7-3-6-8(9)4-1;2*1-3-5-7-6-4-2;/h1-7H;2*1,3-7H2,2H3;. The molecule has 1 aromatic carbocycles. The zero-order chi connectivity index (χ0) is 17.0. The van der Waals surface area contributed by atoms with Gasteiger partial charge in [-0.3, -0.25) is 0 Å². The third-order valence-corrected chi connectivity index (χ3v) is 9.60. The lowest BCUT2D eigenvalue weighted by molar-refractivity contribution is 0.643. The van der Waals surface area contributed by atoms with Gasteiger partial charge in [-0.15, -0.1) is 0 Å². The molecule has 0 N–H and O–H groups in total. The number of unbranched alkanes of at least 4 members (excludes halogenated alkanes) is 8. The Bertz CT molecular complexity index is 463. The Balaban J connectivity index is 1.86. The summed E-state index contributed by atoms with van der Waals surface area (Å²) in [6, 6.07) is 9.14. The molecule has 24 heavy (non-hydrogen) atoms. The van der Waals surface area contributed by atoms with E-state index in [-0.39, 0.29) is 0 Å². The van der Waals surface area contributed by atoms with Crippen LogP contribution in [0, 0.1) is 0 Å². The predicted octanol–water partition coefficient (Wildman–Crippen LogP) is 7.77. The SMILES string of the molecule is CCCCCC[CH2][Al]([CH2]CCCCCC)[CH]1C=Cc2ccccc21. The molecule has 1 aliphatic carbocycles. The summed E-state index contributed by atoms with van der Waals surface area (Å²) in [7, 11) is 0. The van der Waals surface area contributed by atoms with Crippen molar-refractivity contribution in [2.75, 3.05) is 0 Å². The second kappa shape index (κ2) is 11.9. The summed E-state index contributed by atoms with van der Waals surface area (Å²) >= 11 is -0.713. The van der Waals surface area contributed by atoms with Gasteiger partial charge in [-0.25, -0.2) is 0 Å². The van der Waals surface area contributed by atoms with Crippen LogP contribution in [0.4, 0.5) is 0 Å². The average molecular weight is 341 g/mol. The van der Waals surface area contributed by atoms with E-state index >= 15 is 0 Å². The molecule has 1 atom stereocenters. The van der Waals surface area contributed by atoms with E-state index in [9.17, 15) is 0 Å². The first kappa shape index (κ1) is 19.8. The van der Waals surface area contributed by atoms with Crippen molar-refractivity contribution in [2.24, 2.45) is 0 Å². The molecule has 0 spiro atoms. The van der Waals surface area contributed by atoms with Gasteiger partial charge in [0.05, 0.1) is 0 Å². The number of fused-ring (bicyclic) bond motifs is 1. The minimum Gasteiger partial charge on any atom is -0.0932 e. The van der Waals surface area contributed by atoms with E-state index in [0.29, 0.717) is 0 Å². The van der Waals surface area contributed by atoms with Gasteiger partial charge in [0, 0.05) is 0 Å². The zero-order valence-electron chi connectivity index (χ0n) is 16.1. The number of hydrogen-bond donors (Lipinski definition) is 0. The minimum absolute atomic E-state index is 0.713. The highest BCUT2D eigenvalue weighted by molar-refractivity contribution is 6.61. The van der Waals surface area contributed by atoms with Crippen LogP contribution in [-0.4, -0.2) is 14.1 Å². The third-order valence-electron chi connectivity index (χ3n) is 5.70. The third kappa shape index (κ3) is 6.42. The van der Waals surface area contributed by atoms with Crippen LogP contribution in [-0.2, 0) is 0 Å². The van der Waals surface area contributed by atoms with Gasteiger partial charge in [0.1, 0.15) is 0 Å². The van der Waals surface area contributed by atoms with E-state index in [4.69, 9.17) is 0 Å². The van der Waals surface area contributed by atoms with E-state index < -0.39 is 14.1 Å². The van der Waals surface area contributed by atoms with Gasteiger partial charge in [-0.1, -0.05) is 125 Å². The van der Waals surface area contributed by atoms with Gasteiger partial charge in [0.15, 0.2) is 0 Å². The fourth-order valence-corrected chi connectivity index (χ4v) is 8.08. The first-order valence-corrected chi connectivity index (χ1v) is 12.9. The van der Waals surface area contributed by atoms with Crippen LogP contribution >= 0.6 is 0 Å². The van der Waals surface area contributed by atoms with Crippen molar-refractivity contribution < 1.29 is 0 Å². The predicted molar refractivity (Wildman–Crippen MR) is 111 cm³/mol. The first-order chi connectivity index (χ1) is 11.9. The first-order valence-electron chi connectivity index (χ1n) is 10.6. The Labute approximate surface area is 155 Å². The molecule has 2 rings (SSSR count). The molecule has 1 heteroatoms. The van der Waals surface area contributed by atoms with E-state index in [1.165, 1.54) is 69.8 Å². The summed E-state index contributed by atoms with van der Waals surface area (Å²) in [6.45, 7) is 4.63. The van der Waals surface area contributed by atoms with Gasteiger partial charge in [0.2, 0.25) is 0 Å². The smallest absolute Gasteiger partial charge is 0.0932 e. The van der Waals surface area contributed by atoms with Gasteiger partial charge in [0.25, 0.3) is 14.1 Å². The molecule has 0 fully saturated rings. The van der Waals surface area contributed by atoms with Crippen molar-refractivity contribution in [1.82, 2.24) is 0 Å². The second-order valence-electron chi connectivity index (χ2n) is 7.68. The Hall–Kier alpha value is -0.508. The average Bonchev–Trinajstić information content (AvgIpc) is 3.03. The molecule has 132 valence electrons. The Morgan fingerprint density at radius 1 is 0.750 bits per heavy atom. The van der Waals surface area contributed by atoms with Crippen molar-refractivity contribution in [3.8, 4) is 0 Å². The van der Waals surface area contributed by atoms with Crippen LogP contribution in [0.25, 0.3) is 6.08 Å². The Morgan fingerprint density at radius 2 is 1.33 bits per heavy atom. The number of allylic oxidation sites excluding steroid dienone is 1. The van der Waals surface area contributed by atoms with E-state index in [1.807, 2.05) is 0 Å². The van der Waals surface area contributed by atoms with Gasteiger partial charge in [-0.2, -0.15) is 0 Å². The molecule has 0 saturated carbocycles. The van der Waals surface area contributed by atoms with Gasteiger partial charge >= 0.3 is 0 Å². The fraction of sp³-hybridized carbons (Fsp3) is 0.652. The summed E-state index contributed by atoms with van der Waals surface area (Å²) < 4.78 is 0.818. The van der Waals surface area contributed by atoms with Crippen molar-refractivity contribution in [3.63, 3.8) is 0 Å². The molecule has 0 aliphatic heterocycles. The van der Waals surface area contributed by atoms with Crippen molar-refractivity contribution in [3.05, 3.63) is 41.5 Å². The topological polar surface area (TPSA) is 0 Å². The Kier molecular flexibility index (Phi) is 9.86. The van der Waals surface area contributed by atoms with Crippen molar-refractivity contribution in [2.45, 2.75) is 93.4 Å². The monoisotopic (exact) mass is 340 g/mol. The van der Waals surface area contributed by atoms with E-state index in [1.54, 1.807) is 16.1 Å². The zero-order valence-corrected chi connectivity index (χ0v) is 17.3. The summed E-state index contributed by atoms with van der Waals surface area (Å²) in [4.78, 5) is 0. The van der Waals surface area contributed by atoms with Crippen LogP contribution < -0.4 is 0 Å². The fourth-order valence-electron chi connectivity index (χ4n) is 4.21. The summed E-state index contributed by atoms with van der Waals surface area (Å²) in [5.41, 5.74) is 3.15. The molecular formula is C23H37Al. The molecule has 0 aromatic heterocycles. The second-order valence-corrected chi connectivity index (χ2v) is 11.1. The van der Waals surface area contributed by atoms with Gasteiger partial charge in [-0.05, 0) is 15.9 Å². The van der Waals surface area contributed by atoms with E-state index in [0.717, 1.165) is 4.78 Å². The highest BCUT2D eigenvalue weighted by Crippen LogP contribution is 2.35. The maximum atomic E-state index is 2.56. The number of benzene rings is 1. The minimum atomic E-state index is -0.713. The lowest BCUT2D eigenvalue weighted by atomic mass is 10.1. The molecule has 0 bridgehead atoms. The summed E-state index contributed by atoms with van der Waals surface area (Å²) in [6.07, 6.45) is 19.3. The van der Waals surface area contributed by atoms with Crippen molar-refractivity contribution in [1.29, 1.82) is 0 Å². The lowest BCUT2D eigenvalue weighted by Crippen LogP contribution is -2.21. The normalized spacial score (nSPS) is 15.7. The molecule has 0 saturated heterocycles.